The molecule has 0 fully saturated rings. The average molecular weight is 272 g/mol. The predicted octanol–water partition coefficient (Wildman–Crippen LogP) is 2.39. The van der Waals surface area contributed by atoms with Crippen molar-refractivity contribution in [2.75, 3.05) is 13.0 Å². The fourth-order valence-electron chi connectivity index (χ4n) is 1.40. The minimum absolute atomic E-state index is 0.0285. The Morgan fingerprint density at radius 1 is 1.50 bits per heavy atom. The van der Waals surface area contributed by atoms with Crippen LogP contribution in [0.3, 0.4) is 0 Å². The molecule has 4 nitrogen and oxygen atoms in total. The summed E-state index contributed by atoms with van der Waals surface area (Å²) in [6, 6.07) is 4.51. The number of alkyl halides is 1. The van der Waals surface area contributed by atoms with Gasteiger partial charge in [-0.25, -0.2) is 0 Å². The molecule has 1 aromatic carbocycles. The van der Waals surface area contributed by atoms with Gasteiger partial charge in [0, 0.05) is 17.5 Å². The highest BCUT2D eigenvalue weighted by Gasteiger charge is 2.16. The zero-order valence-corrected chi connectivity index (χ0v) is 11.5. The number of hydrogen-bond acceptors (Lipinski definition) is 3. The lowest BCUT2D eigenvalue weighted by molar-refractivity contribution is 0.0930. The van der Waals surface area contributed by atoms with Crippen LogP contribution >= 0.6 is 11.6 Å². The molecule has 1 amide bonds. The van der Waals surface area contributed by atoms with E-state index in [2.05, 4.69) is 5.32 Å². The van der Waals surface area contributed by atoms with Crippen LogP contribution in [0.4, 0.5) is 0 Å². The molecule has 0 heterocycles. The van der Waals surface area contributed by atoms with E-state index >= 15 is 0 Å². The Kier molecular flexibility index (Phi) is 5.28. The van der Waals surface area contributed by atoms with Crippen molar-refractivity contribution in [2.45, 2.75) is 19.9 Å². The number of benzene rings is 1. The second-order valence-corrected chi connectivity index (χ2v) is 4.59. The summed E-state index contributed by atoms with van der Waals surface area (Å²) in [5, 5.41) is 12.4. The SMILES string of the molecule is COc1ccc(C(=O)NC(C)C(C)CCl)cc1O. The van der Waals surface area contributed by atoms with Gasteiger partial charge in [-0.2, -0.15) is 0 Å². The molecule has 0 saturated carbocycles. The van der Waals surface area contributed by atoms with E-state index in [4.69, 9.17) is 16.3 Å². The lowest BCUT2D eigenvalue weighted by Crippen LogP contribution is -2.37. The molecular weight excluding hydrogens is 254 g/mol. The van der Waals surface area contributed by atoms with Crippen LogP contribution in [0.1, 0.15) is 24.2 Å². The highest BCUT2D eigenvalue weighted by atomic mass is 35.5. The standard InChI is InChI=1S/C13H18ClNO3/c1-8(7-14)9(2)15-13(17)10-4-5-12(18-3)11(16)6-10/h4-6,8-9,16H,7H2,1-3H3,(H,15,17). The monoisotopic (exact) mass is 271 g/mol. The minimum atomic E-state index is -0.239. The van der Waals surface area contributed by atoms with Gasteiger partial charge in [-0.15, -0.1) is 11.6 Å². The van der Waals surface area contributed by atoms with Gasteiger partial charge >= 0.3 is 0 Å². The topological polar surface area (TPSA) is 58.6 Å². The maximum Gasteiger partial charge on any atom is 0.251 e. The summed E-state index contributed by atoms with van der Waals surface area (Å²) in [6.07, 6.45) is 0. The van der Waals surface area contributed by atoms with Crippen LogP contribution in [0, 0.1) is 5.92 Å². The number of hydrogen-bond donors (Lipinski definition) is 2. The fraction of sp³-hybridized carbons (Fsp3) is 0.462. The molecule has 2 N–H and O–H groups in total. The number of aromatic hydroxyl groups is 1. The number of ether oxygens (including phenoxy) is 1. The van der Waals surface area contributed by atoms with Crippen LogP contribution in [0.15, 0.2) is 18.2 Å². The van der Waals surface area contributed by atoms with Gasteiger partial charge in [-0.1, -0.05) is 6.92 Å². The maximum absolute atomic E-state index is 11.9. The van der Waals surface area contributed by atoms with E-state index in [0.29, 0.717) is 17.2 Å². The summed E-state index contributed by atoms with van der Waals surface area (Å²) in [5.74, 6) is 0.715. The summed E-state index contributed by atoms with van der Waals surface area (Å²) in [6.45, 7) is 3.86. The number of halogens is 1. The molecule has 0 spiro atoms. The quantitative estimate of drug-likeness (QED) is 0.809. The zero-order chi connectivity index (χ0) is 13.7. The maximum atomic E-state index is 11.9. The molecule has 0 aliphatic carbocycles. The van der Waals surface area contributed by atoms with E-state index in [1.165, 1.54) is 13.2 Å². The van der Waals surface area contributed by atoms with Crippen molar-refractivity contribution in [2.24, 2.45) is 5.92 Å². The van der Waals surface area contributed by atoms with Crippen molar-refractivity contribution in [3.05, 3.63) is 23.8 Å². The van der Waals surface area contributed by atoms with Crippen LogP contribution in [-0.2, 0) is 0 Å². The van der Waals surface area contributed by atoms with Gasteiger partial charge in [0.2, 0.25) is 0 Å². The van der Waals surface area contributed by atoms with Gasteiger partial charge in [-0.3, -0.25) is 4.79 Å². The normalized spacial score (nSPS) is 13.8. The predicted molar refractivity (Wildman–Crippen MR) is 71.5 cm³/mol. The Hall–Kier alpha value is -1.42. The smallest absolute Gasteiger partial charge is 0.251 e. The summed E-state index contributed by atoms with van der Waals surface area (Å²) in [7, 11) is 1.46. The molecule has 2 unspecified atom stereocenters. The number of rotatable bonds is 5. The fourth-order valence-corrected chi connectivity index (χ4v) is 1.66. The number of carbonyl (C=O) groups excluding carboxylic acids is 1. The third-order valence-electron chi connectivity index (χ3n) is 2.90. The Labute approximate surface area is 112 Å². The largest absolute Gasteiger partial charge is 0.504 e. The Morgan fingerprint density at radius 3 is 2.67 bits per heavy atom. The van der Waals surface area contributed by atoms with Crippen molar-refractivity contribution < 1.29 is 14.6 Å². The first-order chi connectivity index (χ1) is 8.49. The van der Waals surface area contributed by atoms with E-state index < -0.39 is 0 Å². The first-order valence-corrected chi connectivity index (χ1v) is 6.26. The summed E-state index contributed by atoms with van der Waals surface area (Å²) < 4.78 is 4.92. The van der Waals surface area contributed by atoms with Crippen molar-refractivity contribution in [3.63, 3.8) is 0 Å². The molecular formula is C13H18ClNO3. The average Bonchev–Trinajstić information content (AvgIpc) is 2.37. The molecule has 1 aromatic rings. The van der Waals surface area contributed by atoms with Crippen LogP contribution in [0.2, 0.25) is 0 Å². The lowest BCUT2D eigenvalue weighted by Gasteiger charge is -2.19. The summed E-state index contributed by atoms with van der Waals surface area (Å²) in [5.41, 5.74) is 0.391. The number of amides is 1. The molecule has 2 atom stereocenters. The van der Waals surface area contributed by atoms with Gasteiger partial charge in [-0.05, 0) is 31.0 Å². The third-order valence-corrected chi connectivity index (χ3v) is 3.38. The highest BCUT2D eigenvalue weighted by molar-refractivity contribution is 6.18. The Balaban J connectivity index is 2.76. The van der Waals surface area contributed by atoms with Crippen molar-refractivity contribution in [3.8, 4) is 11.5 Å². The van der Waals surface area contributed by atoms with E-state index in [0.717, 1.165) is 0 Å². The molecule has 1 rings (SSSR count). The summed E-state index contributed by atoms with van der Waals surface area (Å²) >= 11 is 5.73. The van der Waals surface area contributed by atoms with Gasteiger partial charge < -0.3 is 15.2 Å². The minimum Gasteiger partial charge on any atom is -0.504 e. The molecule has 0 saturated heterocycles. The van der Waals surface area contributed by atoms with Gasteiger partial charge in [0.1, 0.15) is 0 Å². The number of nitrogens with one attached hydrogen (secondary N) is 1. The van der Waals surface area contributed by atoms with E-state index in [1.807, 2.05) is 13.8 Å². The van der Waals surface area contributed by atoms with Crippen molar-refractivity contribution in [1.29, 1.82) is 0 Å². The third kappa shape index (κ3) is 3.53. The van der Waals surface area contributed by atoms with Crippen LogP contribution in [0.5, 0.6) is 11.5 Å². The van der Waals surface area contributed by atoms with Crippen LogP contribution in [0.25, 0.3) is 0 Å². The number of phenolic OH excluding ortho intramolecular Hbond substituents is 1. The first-order valence-electron chi connectivity index (χ1n) is 5.73. The Bertz CT molecular complexity index is 423. The van der Waals surface area contributed by atoms with E-state index in [1.54, 1.807) is 12.1 Å². The van der Waals surface area contributed by atoms with Gasteiger partial charge in [0.05, 0.1) is 7.11 Å². The Morgan fingerprint density at radius 2 is 2.17 bits per heavy atom. The highest BCUT2D eigenvalue weighted by Crippen LogP contribution is 2.26. The number of carbonyl (C=O) groups is 1. The lowest BCUT2D eigenvalue weighted by atomic mass is 10.1. The number of phenols is 1. The van der Waals surface area contributed by atoms with Crippen molar-refractivity contribution in [1.82, 2.24) is 5.32 Å². The summed E-state index contributed by atoms with van der Waals surface area (Å²) in [4.78, 5) is 11.9. The first kappa shape index (κ1) is 14.6. The molecule has 0 radical (unpaired) electrons. The molecule has 5 heteroatoms. The van der Waals surface area contributed by atoms with Gasteiger partial charge in [0.25, 0.3) is 5.91 Å². The van der Waals surface area contributed by atoms with Crippen LogP contribution in [-0.4, -0.2) is 30.0 Å². The van der Waals surface area contributed by atoms with E-state index in [-0.39, 0.29) is 23.6 Å². The van der Waals surface area contributed by atoms with E-state index in [9.17, 15) is 9.90 Å². The molecule has 0 bridgehead atoms. The van der Waals surface area contributed by atoms with Gasteiger partial charge in [0.15, 0.2) is 11.5 Å². The van der Waals surface area contributed by atoms with Crippen molar-refractivity contribution >= 4 is 17.5 Å². The molecule has 100 valence electrons. The zero-order valence-electron chi connectivity index (χ0n) is 10.7. The second-order valence-electron chi connectivity index (χ2n) is 4.28. The van der Waals surface area contributed by atoms with Crippen LogP contribution < -0.4 is 10.1 Å². The second kappa shape index (κ2) is 6.50. The molecule has 0 aliphatic rings. The molecule has 0 aliphatic heterocycles. The number of methoxy groups -OCH3 is 1. The molecule has 0 aromatic heterocycles. The molecule has 18 heavy (non-hydrogen) atoms.